The summed E-state index contributed by atoms with van der Waals surface area (Å²) in [5.74, 6) is 0.384. The Hall–Kier alpha value is -2.69. The van der Waals surface area contributed by atoms with E-state index < -0.39 is 0 Å². The first kappa shape index (κ1) is 13.7. The number of aromatic hydroxyl groups is 1. The minimum Gasteiger partial charge on any atom is -0.508 e. The van der Waals surface area contributed by atoms with Gasteiger partial charge in [0.2, 0.25) is 0 Å². The molecule has 0 unspecified atom stereocenters. The summed E-state index contributed by atoms with van der Waals surface area (Å²) in [6.07, 6.45) is 4.82. The summed E-state index contributed by atoms with van der Waals surface area (Å²) in [6, 6.07) is 6.59. The minimum absolute atomic E-state index is 0.129. The number of esters is 1. The smallest absolute Gasteiger partial charge is 0.310 e. The second-order valence-electron chi connectivity index (χ2n) is 4.11. The summed E-state index contributed by atoms with van der Waals surface area (Å²) in [4.78, 5) is 19.8. The van der Waals surface area contributed by atoms with Crippen LogP contribution in [0.1, 0.15) is 5.56 Å². The van der Waals surface area contributed by atoms with Gasteiger partial charge in [0.1, 0.15) is 12.4 Å². The largest absolute Gasteiger partial charge is 0.508 e. The number of aromatic nitrogens is 2. The van der Waals surface area contributed by atoms with E-state index in [-0.39, 0.29) is 24.7 Å². The molecular weight excluding hydrogens is 256 g/mol. The van der Waals surface area contributed by atoms with Gasteiger partial charge in [-0.25, -0.2) is 9.97 Å². The lowest BCUT2D eigenvalue weighted by molar-refractivity contribution is -0.141. The molecule has 0 saturated heterocycles. The van der Waals surface area contributed by atoms with Crippen LogP contribution in [0.3, 0.4) is 0 Å². The molecule has 0 atom stereocenters. The predicted octanol–water partition coefficient (Wildman–Crippen LogP) is 2.12. The molecule has 1 N–H and O–H groups in total. The number of nitrogens with zero attached hydrogens (tertiary/aromatic N) is 2. The summed E-state index contributed by atoms with van der Waals surface area (Å²) in [7, 11) is 0. The highest BCUT2D eigenvalue weighted by Gasteiger charge is 2.06. The second kappa shape index (κ2) is 6.47. The Balaban J connectivity index is 2.04. The maximum atomic E-state index is 11.4. The van der Waals surface area contributed by atoms with Gasteiger partial charge in [-0.1, -0.05) is 12.7 Å². The van der Waals surface area contributed by atoms with Crippen LogP contribution in [0.15, 0.2) is 49.3 Å². The van der Waals surface area contributed by atoms with Crippen LogP contribution in [0.25, 0.3) is 11.4 Å². The van der Waals surface area contributed by atoms with Gasteiger partial charge in [0, 0.05) is 18.0 Å². The normalized spacial score (nSPS) is 10.0. The van der Waals surface area contributed by atoms with Crippen molar-refractivity contribution in [3.8, 4) is 17.1 Å². The zero-order valence-electron chi connectivity index (χ0n) is 10.8. The van der Waals surface area contributed by atoms with Gasteiger partial charge in [0.05, 0.1) is 6.42 Å². The molecule has 0 spiro atoms. The fourth-order valence-corrected chi connectivity index (χ4v) is 1.58. The van der Waals surface area contributed by atoms with Crippen molar-refractivity contribution in [2.45, 2.75) is 6.42 Å². The van der Waals surface area contributed by atoms with Crippen molar-refractivity contribution in [1.82, 2.24) is 9.97 Å². The van der Waals surface area contributed by atoms with Gasteiger partial charge in [0.15, 0.2) is 5.82 Å². The predicted molar refractivity (Wildman–Crippen MR) is 74.0 cm³/mol. The topological polar surface area (TPSA) is 72.3 Å². The van der Waals surface area contributed by atoms with Crippen molar-refractivity contribution in [2.75, 3.05) is 6.61 Å². The molecule has 2 rings (SSSR count). The van der Waals surface area contributed by atoms with Crippen LogP contribution in [-0.4, -0.2) is 27.7 Å². The lowest BCUT2D eigenvalue weighted by atomic mass is 10.2. The number of hydrogen-bond donors (Lipinski definition) is 1. The monoisotopic (exact) mass is 270 g/mol. The van der Waals surface area contributed by atoms with Crippen LogP contribution in [0, 0.1) is 0 Å². The molecule has 102 valence electrons. The number of ether oxygens (including phenoxy) is 1. The Bertz CT molecular complexity index is 592. The Morgan fingerprint density at radius 1 is 1.25 bits per heavy atom. The first-order valence-corrected chi connectivity index (χ1v) is 6.06. The third kappa shape index (κ3) is 3.65. The summed E-state index contributed by atoms with van der Waals surface area (Å²) >= 11 is 0. The highest BCUT2D eigenvalue weighted by Crippen LogP contribution is 2.18. The Kier molecular flexibility index (Phi) is 4.44. The van der Waals surface area contributed by atoms with Crippen LogP contribution >= 0.6 is 0 Å². The number of phenols is 1. The Labute approximate surface area is 116 Å². The van der Waals surface area contributed by atoms with Gasteiger partial charge in [0.25, 0.3) is 0 Å². The summed E-state index contributed by atoms with van der Waals surface area (Å²) in [5, 5.41) is 9.22. The Morgan fingerprint density at radius 2 is 1.90 bits per heavy atom. The van der Waals surface area contributed by atoms with E-state index in [0.717, 1.165) is 5.56 Å². The van der Waals surface area contributed by atoms with E-state index in [1.807, 2.05) is 0 Å². The lowest BCUT2D eigenvalue weighted by Gasteiger charge is -2.03. The molecular formula is C15H14N2O3. The van der Waals surface area contributed by atoms with Gasteiger partial charge in [-0.2, -0.15) is 0 Å². The number of carbonyl (C=O) groups excluding carboxylic acids is 1. The SMILES string of the molecule is C=CCOC(=O)Cc1cnc(-c2ccc(O)cc2)nc1. The minimum atomic E-state index is -0.342. The van der Waals surface area contributed by atoms with E-state index in [1.165, 1.54) is 6.08 Å². The molecule has 0 saturated carbocycles. The molecule has 2 aromatic rings. The van der Waals surface area contributed by atoms with Gasteiger partial charge in [-0.15, -0.1) is 0 Å². The van der Waals surface area contributed by atoms with Crippen molar-refractivity contribution in [2.24, 2.45) is 0 Å². The zero-order valence-corrected chi connectivity index (χ0v) is 10.8. The van der Waals surface area contributed by atoms with Crippen LogP contribution in [0.4, 0.5) is 0 Å². The first-order valence-electron chi connectivity index (χ1n) is 6.06. The van der Waals surface area contributed by atoms with Crippen LogP contribution in [0.5, 0.6) is 5.75 Å². The average Bonchev–Trinajstić information content (AvgIpc) is 2.47. The lowest BCUT2D eigenvalue weighted by Crippen LogP contribution is -2.08. The van der Waals surface area contributed by atoms with E-state index in [4.69, 9.17) is 4.74 Å². The van der Waals surface area contributed by atoms with Crippen LogP contribution in [-0.2, 0) is 16.0 Å². The van der Waals surface area contributed by atoms with Crippen LogP contribution in [0.2, 0.25) is 0 Å². The molecule has 0 amide bonds. The van der Waals surface area contributed by atoms with Crippen molar-refractivity contribution in [1.29, 1.82) is 0 Å². The molecule has 0 aliphatic rings. The van der Waals surface area contributed by atoms with E-state index >= 15 is 0 Å². The average molecular weight is 270 g/mol. The van der Waals surface area contributed by atoms with E-state index in [2.05, 4.69) is 16.5 Å². The zero-order chi connectivity index (χ0) is 14.4. The molecule has 0 fully saturated rings. The van der Waals surface area contributed by atoms with Gasteiger partial charge < -0.3 is 9.84 Å². The number of carbonyl (C=O) groups is 1. The van der Waals surface area contributed by atoms with Gasteiger partial charge >= 0.3 is 5.97 Å². The fourth-order valence-electron chi connectivity index (χ4n) is 1.58. The Morgan fingerprint density at radius 3 is 2.50 bits per heavy atom. The molecule has 5 nitrogen and oxygen atoms in total. The van der Waals surface area contributed by atoms with Gasteiger partial charge in [-0.3, -0.25) is 4.79 Å². The van der Waals surface area contributed by atoms with Crippen molar-refractivity contribution in [3.05, 3.63) is 54.9 Å². The van der Waals surface area contributed by atoms with Crippen molar-refractivity contribution in [3.63, 3.8) is 0 Å². The maximum Gasteiger partial charge on any atom is 0.310 e. The molecule has 0 bridgehead atoms. The number of phenolic OH excluding ortho intramolecular Hbond substituents is 1. The highest BCUT2D eigenvalue weighted by atomic mass is 16.5. The molecule has 0 aliphatic heterocycles. The molecule has 1 aromatic heterocycles. The molecule has 1 aromatic carbocycles. The summed E-state index contributed by atoms with van der Waals surface area (Å²) in [6.45, 7) is 3.67. The van der Waals surface area contributed by atoms with E-state index in [9.17, 15) is 9.90 Å². The summed E-state index contributed by atoms with van der Waals surface area (Å²) < 4.78 is 4.88. The molecule has 20 heavy (non-hydrogen) atoms. The molecule has 5 heteroatoms. The van der Waals surface area contributed by atoms with Crippen molar-refractivity contribution >= 4 is 5.97 Å². The van der Waals surface area contributed by atoms with Gasteiger partial charge in [-0.05, 0) is 29.8 Å². The van der Waals surface area contributed by atoms with E-state index in [0.29, 0.717) is 11.4 Å². The quantitative estimate of drug-likeness (QED) is 0.665. The third-order valence-corrected chi connectivity index (χ3v) is 2.54. The number of hydrogen-bond acceptors (Lipinski definition) is 5. The maximum absolute atomic E-state index is 11.4. The number of rotatable bonds is 5. The third-order valence-electron chi connectivity index (χ3n) is 2.54. The second-order valence-corrected chi connectivity index (χ2v) is 4.11. The molecule has 0 aliphatic carbocycles. The molecule has 1 heterocycles. The van der Waals surface area contributed by atoms with E-state index in [1.54, 1.807) is 36.7 Å². The fraction of sp³-hybridized carbons (Fsp3) is 0.133. The van der Waals surface area contributed by atoms with Crippen molar-refractivity contribution < 1.29 is 14.6 Å². The van der Waals surface area contributed by atoms with Crippen LogP contribution < -0.4 is 0 Å². The molecule has 0 radical (unpaired) electrons. The first-order chi connectivity index (χ1) is 9.69. The number of benzene rings is 1. The summed E-state index contributed by atoms with van der Waals surface area (Å²) in [5.41, 5.74) is 1.48. The highest BCUT2D eigenvalue weighted by molar-refractivity contribution is 5.72. The standard InChI is InChI=1S/C15H14N2O3/c1-2-7-20-14(19)8-11-9-16-15(17-10-11)12-3-5-13(18)6-4-12/h2-6,9-10,18H,1,7-8H2.